The van der Waals surface area contributed by atoms with Crippen molar-refractivity contribution in [2.75, 3.05) is 13.2 Å². The third-order valence-corrected chi connectivity index (χ3v) is 6.13. The second kappa shape index (κ2) is 7.12. The number of fused-ring (bicyclic) bond motifs is 3. The van der Waals surface area contributed by atoms with Crippen molar-refractivity contribution in [2.45, 2.75) is 52.6 Å². The van der Waals surface area contributed by atoms with Crippen molar-refractivity contribution in [2.24, 2.45) is 5.92 Å². The van der Waals surface area contributed by atoms with Crippen molar-refractivity contribution < 1.29 is 14.3 Å². The van der Waals surface area contributed by atoms with E-state index in [0.29, 0.717) is 13.2 Å². The highest BCUT2D eigenvalue weighted by molar-refractivity contribution is 9.10. The number of hydrogen-bond acceptors (Lipinski definition) is 3. The molecular weight excluding hydrogens is 382 g/mol. The standard InChI is InChI=1S/C20H26BrNO3/c1-5-13(4)20(11-16(23)24-6-2)19-14(9-10-25-20)17-15(21)8-7-12(3)18(17)22-19/h7-8,13,22H,5-6,9-11H2,1-4H3/t13?,20-/m1/s1. The van der Waals surface area contributed by atoms with Crippen molar-refractivity contribution in [3.8, 4) is 0 Å². The zero-order valence-corrected chi connectivity index (χ0v) is 17.0. The Morgan fingerprint density at radius 2 is 2.20 bits per heavy atom. The van der Waals surface area contributed by atoms with Crippen molar-refractivity contribution in [1.82, 2.24) is 4.98 Å². The highest BCUT2D eigenvalue weighted by Gasteiger charge is 2.46. The summed E-state index contributed by atoms with van der Waals surface area (Å²) in [4.78, 5) is 16.0. The van der Waals surface area contributed by atoms with Crippen LogP contribution >= 0.6 is 15.9 Å². The first-order chi connectivity index (χ1) is 11.9. The number of rotatable bonds is 5. The summed E-state index contributed by atoms with van der Waals surface area (Å²) >= 11 is 3.70. The lowest BCUT2D eigenvalue weighted by atomic mass is 9.77. The van der Waals surface area contributed by atoms with Gasteiger partial charge in [-0.25, -0.2) is 0 Å². The van der Waals surface area contributed by atoms with Gasteiger partial charge in [0, 0.05) is 9.86 Å². The highest BCUT2D eigenvalue weighted by Crippen LogP contribution is 2.47. The van der Waals surface area contributed by atoms with Gasteiger partial charge in [0.25, 0.3) is 0 Å². The Morgan fingerprint density at radius 1 is 1.44 bits per heavy atom. The first-order valence-electron chi connectivity index (χ1n) is 9.04. The molecule has 1 N–H and O–H groups in total. The number of hydrogen-bond donors (Lipinski definition) is 1. The molecule has 4 nitrogen and oxygen atoms in total. The zero-order chi connectivity index (χ0) is 18.2. The first kappa shape index (κ1) is 18.5. The van der Waals surface area contributed by atoms with Gasteiger partial charge >= 0.3 is 5.97 Å². The van der Waals surface area contributed by atoms with Crippen LogP contribution in [0.15, 0.2) is 16.6 Å². The fourth-order valence-electron chi connectivity index (χ4n) is 3.94. The molecule has 1 aromatic carbocycles. The SMILES string of the molecule is CCOC(=O)C[C@]1(C(C)CC)OCCc2c1[nH]c1c(C)ccc(Br)c21. The lowest BCUT2D eigenvalue weighted by Crippen LogP contribution is -2.43. The molecule has 2 aromatic rings. The third-order valence-electron chi connectivity index (χ3n) is 5.47. The summed E-state index contributed by atoms with van der Waals surface area (Å²) in [6.45, 7) is 9.24. The number of esters is 1. The number of aromatic amines is 1. The van der Waals surface area contributed by atoms with Gasteiger partial charge < -0.3 is 14.5 Å². The van der Waals surface area contributed by atoms with E-state index in [1.54, 1.807) is 0 Å². The number of carbonyl (C=O) groups is 1. The number of nitrogens with one attached hydrogen (secondary N) is 1. The Kier molecular flexibility index (Phi) is 5.26. The quantitative estimate of drug-likeness (QED) is 0.708. The summed E-state index contributed by atoms with van der Waals surface area (Å²) in [6, 6.07) is 4.20. The Morgan fingerprint density at radius 3 is 2.88 bits per heavy atom. The van der Waals surface area contributed by atoms with Gasteiger partial charge in [0.15, 0.2) is 0 Å². The van der Waals surface area contributed by atoms with Crippen LogP contribution in [0.4, 0.5) is 0 Å². The molecule has 1 unspecified atom stereocenters. The van der Waals surface area contributed by atoms with Crippen molar-refractivity contribution >= 4 is 32.8 Å². The molecule has 3 rings (SSSR count). The molecule has 1 aliphatic rings. The summed E-state index contributed by atoms with van der Waals surface area (Å²) < 4.78 is 12.7. The minimum Gasteiger partial charge on any atom is -0.466 e. The second-order valence-electron chi connectivity index (χ2n) is 6.87. The highest BCUT2D eigenvalue weighted by atomic mass is 79.9. The van der Waals surface area contributed by atoms with Gasteiger partial charge in [-0.15, -0.1) is 0 Å². The Hall–Kier alpha value is -1.33. The molecule has 1 aliphatic heterocycles. The van der Waals surface area contributed by atoms with Gasteiger partial charge in [0.05, 0.1) is 30.8 Å². The molecule has 2 atom stereocenters. The molecule has 0 saturated carbocycles. The molecule has 1 aromatic heterocycles. The Labute approximate surface area is 157 Å². The van der Waals surface area contributed by atoms with Crippen molar-refractivity contribution in [1.29, 1.82) is 0 Å². The van der Waals surface area contributed by atoms with Gasteiger partial charge in [-0.2, -0.15) is 0 Å². The molecular formula is C20H26BrNO3. The molecule has 136 valence electrons. The molecule has 25 heavy (non-hydrogen) atoms. The third kappa shape index (κ3) is 3.02. The van der Waals surface area contributed by atoms with Gasteiger partial charge in [0.1, 0.15) is 5.60 Å². The number of ether oxygens (including phenoxy) is 2. The van der Waals surface area contributed by atoms with Gasteiger partial charge in [-0.3, -0.25) is 4.79 Å². The number of halogens is 1. The number of H-pyrrole nitrogens is 1. The lowest BCUT2D eigenvalue weighted by Gasteiger charge is -2.41. The number of benzene rings is 1. The van der Waals surface area contributed by atoms with E-state index >= 15 is 0 Å². The van der Waals surface area contributed by atoms with Gasteiger partial charge in [0.2, 0.25) is 0 Å². The summed E-state index contributed by atoms with van der Waals surface area (Å²) in [7, 11) is 0. The van der Waals surface area contributed by atoms with Crippen LogP contribution in [0.2, 0.25) is 0 Å². The minimum absolute atomic E-state index is 0.197. The largest absolute Gasteiger partial charge is 0.466 e. The average molecular weight is 408 g/mol. The molecule has 0 aliphatic carbocycles. The maximum atomic E-state index is 12.4. The molecule has 0 amide bonds. The van der Waals surface area contributed by atoms with Crippen LogP contribution in [0.5, 0.6) is 0 Å². The van der Waals surface area contributed by atoms with E-state index in [4.69, 9.17) is 9.47 Å². The fourth-order valence-corrected chi connectivity index (χ4v) is 4.51. The average Bonchev–Trinajstić information content (AvgIpc) is 3.00. The summed E-state index contributed by atoms with van der Waals surface area (Å²) in [5.74, 6) is -0.00630. The predicted octanol–water partition coefficient (Wildman–Crippen LogP) is 5.01. The fraction of sp³-hybridized carbons (Fsp3) is 0.550. The number of carbonyl (C=O) groups excluding carboxylic acids is 1. The van der Waals surface area contributed by atoms with Crippen molar-refractivity contribution in [3.63, 3.8) is 0 Å². The second-order valence-corrected chi connectivity index (χ2v) is 7.73. The van der Waals surface area contributed by atoms with E-state index in [1.807, 2.05) is 6.92 Å². The van der Waals surface area contributed by atoms with E-state index in [0.717, 1.165) is 28.5 Å². The lowest BCUT2D eigenvalue weighted by molar-refractivity contribution is -0.160. The summed E-state index contributed by atoms with van der Waals surface area (Å²) in [6.07, 6.45) is 2.01. The van der Waals surface area contributed by atoms with Crippen LogP contribution in [0, 0.1) is 12.8 Å². The first-order valence-corrected chi connectivity index (χ1v) is 9.83. The van der Waals surface area contributed by atoms with E-state index in [9.17, 15) is 4.79 Å². The molecule has 5 heteroatoms. The van der Waals surface area contributed by atoms with Crippen LogP contribution in [0.25, 0.3) is 10.9 Å². The molecule has 0 spiro atoms. The van der Waals surface area contributed by atoms with Crippen LogP contribution in [0.1, 0.15) is 50.4 Å². The monoisotopic (exact) mass is 407 g/mol. The van der Waals surface area contributed by atoms with E-state index < -0.39 is 5.60 Å². The van der Waals surface area contributed by atoms with Crippen LogP contribution in [-0.2, 0) is 26.3 Å². The molecule has 0 bridgehead atoms. The molecule has 0 fully saturated rings. The maximum absolute atomic E-state index is 12.4. The van der Waals surface area contributed by atoms with Crippen molar-refractivity contribution in [3.05, 3.63) is 33.4 Å². The minimum atomic E-state index is -0.653. The van der Waals surface area contributed by atoms with Crippen LogP contribution in [0.3, 0.4) is 0 Å². The van der Waals surface area contributed by atoms with E-state index in [-0.39, 0.29) is 18.3 Å². The van der Waals surface area contributed by atoms with E-state index in [2.05, 4.69) is 53.8 Å². The van der Waals surface area contributed by atoms with Gasteiger partial charge in [-0.05, 0) is 43.4 Å². The molecule has 2 heterocycles. The smallest absolute Gasteiger partial charge is 0.309 e. The van der Waals surface area contributed by atoms with Gasteiger partial charge in [-0.1, -0.05) is 42.3 Å². The number of aromatic nitrogens is 1. The Bertz CT molecular complexity index is 798. The maximum Gasteiger partial charge on any atom is 0.309 e. The molecule has 0 radical (unpaired) electrons. The predicted molar refractivity (Wildman–Crippen MR) is 103 cm³/mol. The summed E-state index contributed by atoms with van der Waals surface area (Å²) in [5.41, 5.74) is 3.98. The zero-order valence-electron chi connectivity index (χ0n) is 15.4. The van der Waals surface area contributed by atoms with Crippen LogP contribution < -0.4 is 0 Å². The topological polar surface area (TPSA) is 51.3 Å². The van der Waals surface area contributed by atoms with E-state index in [1.165, 1.54) is 16.5 Å². The normalized spacial score (nSPS) is 21.2. The van der Waals surface area contributed by atoms with Crippen LogP contribution in [-0.4, -0.2) is 24.2 Å². The summed E-state index contributed by atoms with van der Waals surface area (Å²) in [5, 5.41) is 1.22. The molecule has 0 saturated heterocycles. The Balaban J connectivity index is 2.22. The number of aryl methyl sites for hydroxylation is 1.